The first-order valence-corrected chi connectivity index (χ1v) is 9.90. The maximum absolute atomic E-state index is 13.4. The van der Waals surface area contributed by atoms with Gasteiger partial charge in [-0.25, -0.2) is 0 Å². The summed E-state index contributed by atoms with van der Waals surface area (Å²) in [7, 11) is 0. The van der Waals surface area contributed by atoms with Gasteiger partial charge in [0.2, 0.25) is 0 Å². The summed E-state index contributed by atoms with van der Waals surface area (Å²) in [6.45, 7) is 8.22. The molecule has 1 aliphatic heterocycles. The molecule has 0 saturated carbocycles. The fourth-order valence-electron chi connectivity index (χ4n) is 3.48. The van der Waals surface area contributed by atoms with Gasteiger partial charge in [-0.2, -0.15) is 0 Å². The van der Waals surface area contributed by atoms with Crippen molar-refractivity contribution in [2.24, 2.45) is 0 Å². The van der Waals surface area contributed by atoms with Gasteiger partial charge in [0.05, 0.1) is 12.2 Å². The number of carbonyl (C=O) groups excluding carboxylic acids is 2. The number of nitrogens with zero attached hydrogens (tertiary/aromatic N) is 1. The summed E-state index contributed by atoms with van der Waals surface area (Å²) in [4.78, 5) is 27.8. The van der Waals surface area contributed by atoms with E-state index in [4.69, 9.17) is 4.74 Å². The molecule has 28 heavy (non-hydrogen) atoms. The van der Waals surface area contributed by atoms with E-state index in [9.17, 15) is 9.59 Å². The molecule has 0 fully saturated rings. The monoisotopic (exact) mass is 380 g/mol. The lowest BCUT2D eigenvalue weighted by Gasteiger charge is -2.35. The van der Waals surface area contributed by atoms with Crippen LogP contribution in [0, 0.1) is 13.8 Å². The molecule has 5 nitrogen and oxygen atoms in total. The lowest BCUT2D eigenvalue weighted by atomic mass is 10.0. The Labute approximate surface area is 166 Å². The molecule has 2 aromatic carbocycles. The van der Waals surface area contributed by atoms with Crippen LogP contribution in [-0.2, 0) is 4.79 Å². The van der Waals surface area contributed by atoms with Crippen LogP contribution in [0.3, 0.4) is 0 Å². The van der Waals surface area contributed by atoms with Gasteiger partial charge in [0, 0.05) is 11.6 Å². The van der Waals surface area contributed by atoms with Gasteiger partial charge >= 0.3 is 0 Å². The highest BCUT2D eigenvalue weighted by atomic mass is 16.5. The largest absolute Gasteiger partial charge is 0.477 e. The van der Waals surface area contributed by atoms with Gasteiger partial charge in [-0.05, 0) is 56.0 Å². The van der Waals surface area contributed by atoms with E-state index in [0.29, 0.717) is 17.0 Å². The zero-order valence-corrected chi connectivity index (χ0v) is 17.0. The molecule has 1 heterocycles. The van der Waals surface area contributed by atoms with E-state index in [-0.39, 0.29) is 24.4 Å². The number of amides is 2. The zero-order chi connectivity index (χ0) is 20.3. The standard InChI is InChI=1S/C23H28N2O3/c1-5-17(6-2)24-22(26)21-14-25(19-12-7-8-13-20(19)28-21)23(27)18-11-9-10-15(3)16(18)4/h7-13,17,21H,5-6,14H2,1-4H3,(H,24,26). The van der Waals surface area contributed by atoms with E-state index in [2.05, 4.69) is 5.32 Å². The highest BCUT2D eigenvalue weighted by Gasteiger charge is 2.35. The number of nitrogens with one attached hydrogen (secondary N) is 1. The van der Waals surface area contributed by atoms with Crippen molar-refractivity contribution >= 4 is 17.5 Å². The third-order valence-corrected chi connectivity index (χ3v) is 5.48. The molecule has 5 heteroatoms. The third kappa shape index (κ3) is 3.88. The summed E-state index contributed by atoms with van der Waals surface area (Å²) in [5.74, 6) is 0.261. The molecule has 1 unspecified atom stereocenters. The van der Waals surface area contributed by atoms with E-state index >= 15 is 0 Å². The van der Waals surface area contributed by atoms with Gasteiger partial charge in [0.25, 0.3) is 11.8 Å². The Morgan fingerprint density at radius 2 is 1.82 bits per heavy atom. The van der Waals surface area contributed by atoms with Gasteiger partial charge in [0.15, 0.2) is 6.10 Å². The Balaban J connectivity index is 1.92. The molecule has 148 valence electrons. The van der Waals surface area contributed by atoms with E-state index in [1.165, 1.54) is 0 Å². The Morgan fingerprint density at radius 3 is 2.54 bits per heavy atom. The second kappa shape index (κ2) is 8.46. The van der Waals surface area contributed by atoms with Crippen LogP contribution >= 0.6 is 0 Å². The molecule has 0 aromatic heterocycles. The summed E-state index contributed by atoms with van der Waals surface area (Å²) in [6, 6.07) is 13.2. The van der Waals surface area contributed by atoms with Gasteiger partial charge in [-0.1, -0.05) is 38.1 Å². The summed E-state index contributed by atoms with van der Waals surface area (Å²) in [6.07, 6.45) is 0.984. The summed E-state index contributed by atoms with van der Waals surface area (Å²) < 4.78 is 5.95. The van der Waals surface area contributed by atoms with Crippen LogP contribution in [0.1, 0.15) is 48.2 Å². The lowest BCUT2D eigenvalue weighted by molar-refractivity contribution is -0.128. The Morgan fingerprint density at radius 1 is 1.11 bits per heavy atom. The molecule has 2 aromatic rings. The van der Waals surface area contributed by atoms with Gasteiger partial charge in [-0.3, -0.25) is 9.59 Å². The molecule has 1 atom stereocenters. The number of rotatable bonds is 5. The lowest BCUT2D eigenvalue weighted by Crippen LogP contribution is -2.52. The molecule has 1 aliphatic rings. The second-order valence-electron chi connectivity index (χ2n) is 7.26. The number of hydrogen-bond donors (Lipinski definition) is 1. The smallest absolute Gasteiger partial charge is 0.263 e. The topological polar surface area (TPSA) is 58.6 Å². The third-order valence-electron chi connectivity index (χ3n) is 5.48. The minimum atomic E-state index is -0.732. The number of anilines is 1. The molecule has 0 spiro atoms. The van der Waals surface area contributed by atoms with Crippen molar-refractivity contribution < 1.29 is 14.3 Å². The molecule has 0 radical (unpaired) electrons. The Kier molecular flexibility index (Phi) is 6.02. The molecular formula is C23H28N2O3. The van der Waals surface area contributed by atoms with E-state index in [1.54, 1.807) is 11.0 Å². The molecular weight excluding hydrogens is 352 g/mol. The van der Waals surface area contributed by atoms with E-state index < -0.39 is 6.10 Å². The van der Waals surface area contributed by atoms with Crippen molar-refractivity contribution in [1.29, 1.82) is 0 Å². The maximum atomic E-state index is 13.4. The number of ether oxygens (including phenoxy) is 1. The van der Waals surface area contributed by atoms with Crippen LogP contribution in [-0.4, -0.2) is 30.5 Å². The van der Waals surface area contributed by atoms with Crippen molar-refractivity contribution in [3.05, 3.63) is 59.2 Å². The van der Waals surface area contributed by atoms with Gasteiger partial charge in [0.1, 0.15) is 5.75 Å². The summed E-state index contributed by atoms with van der Waals surface area (Å²) in [5, 5.41) is 3.03. The van der Waals surface area contributed by atoms with Crippen molar-refractivity contribution in [2.45, 2.75) is 52.7 Å². The van der Waals surface area contributed by atoms with Crippen molar-refractivity contribution in [2.75, 3.05) is 11.4 Å². The average molecular weight is 380 g/mol. The van der Waals surface area contributed by atoms with Gasteiger partial charge < -0.3 is 15.0 Å². The predicted molar refractivity (Wildman–Crippen MR) is 111 cm³/mol. The molecule has 1 N–H and O–H groups in total. The zero-order valence-electron chi connectivity index (χ0n) is 17.0. The Hall–Kier alpha value is -2.82. The number of fused-ring (bicyclic) bond motifs is 1. The minimum Gasteiger partial charge on any atom is -0.477 e. The average Bonchev–Trinajstić information content (AvgIpc) is 2.72. The van der Waals surface area contributed by atoms with Crippen LogP contribution in [0.2, 0.25) is 0 Å². The summed E-state index contributed by atoms with van der Waals surface area (Å²) in [5.41, 5.74) is 3.36. The molecule has 0 aliphatic carbocycles. The second-order valence-corrected chi connectivity index (χ2v) is 7.26. The molecule has 2 amide bonds. The van der Waals surface area contributed by atoms with Crippen LogP contribution in [0.5, 0.6) is 5.75 Å². The van der Waals surface area contributed by atoms with Crippen LogP contribution in [0.25, 0.3) is 0 Å². The van der Waals surface area contributed by atoms with Crippen molar-refractivity contribution in [3.63, 3.8) is 0 Å². The first-order valence-electron chi connectivity index (χ1n) is 9.90. The minimum absolute atomic E-state index is 0.108. The van der Waals surface area contributed by atoms with E-state index in [1.807, 2.05) is 64.1 Å². The number of carbonyl (C=O) groups is 2. The highest BCUT2D eigenvalue weighted by molar-refractivity contribution is 6.08. The van der Waals surface area contributed by atoms with Crippen molar-refractivity contribution in [3.8, 4) is 5.75 Å². The van der Waals surface area contributed by atoms with Crippen molar-refractivity contribution in [1.82, 2.24) is 5.32 Å². The van der Waals surface area contributed by atoms with Crippen LogP contribution in [0.15, 0.2) is 42.5 Å². The quantitative estimate of drug-likeness (QED) is 0.852. The maximum Gasteiger partial charge on any atom is 0.263 e. The predicted octanol–water partition coefficient (Wildman–Crippen LogP) is 4.02. The first kappa shape index (κ1) is 19.9. The normalized spacial score (nSPS) is 15.8. The van der Waals surface area contributed by atoms with E-state index in [0.717, 1.165) is 24.0 Å². The first-order chi connectivity index (χ1) is 13.5. The number of hydrogen-bond acceptors (Lipinski definition) is 3. The fraction of sp³-hybridized carbons (Fsp3) is 0.391. The highest BCUT2D eigenvalue weighted by Crippen LogP contribution is 2.34. The fourth-order valence-corrected chi connectivity index (χ4v) is 3.48. The number of benzene rings is 2. The number of aryl methyl sites for hydroxylation is 1. The molecule has 0 saturated heterocycles. The molecule has 3 rings (SSSR count). The Bertz CT molecular complexity index is 874. The van der Waals surface area contributed by atoms with Crippen LogP contribution in [0.4, 0.5) is 5.69 Å². The SMILES string of the molecule is CCC(CC)NC(=O)C1CN(C(=O)c2cccc(C)c2C)c2ccccc2O1. The number of para-hydroxylation sites is 2. The van der Waals surface area contributed by atoms with Crippen LogP contribution < -0.4 is 15.0 Å². The van der Waals surface area contributed by atoms with Gasteiger partial charge in [-0.15, -0.1) is 0 Å². The summed E-state index contributed by atoms with van der Waals surface area (Å²) >= 11 is 0. The molecule has 0 bridgehead atoms.